The van der Waals surface area contributed by atoms with Crippen molar-refractivity contribution in [2.24, 2.45) is 23.7 Å². The van der Waals surface area contributed by atoms with Crippen molar-refractivity contribution in [3.63, 3.8) is 0 Å². The molecule has 1 aliphatic carbocycles. The molecule has 18 heavy (non-hydrogen) atoms. The molecule has 2 aliphatic rings. The fourth-order valence-corrected chi connectivity index (χ4v) is 3.01. The van der Waals surface area contributed by atoms with E-state index in [9.17, 15) is 4.79 Å². The minimum absolute atomic E-state index is 0.0476. The van der Waals surface area contributed by atoms with Gasteiger partial charge in [0.05, 0.1) is 12.2 Å². The summed E-state index contributed by atoms with van der Waals surface area (Å²) < 4.78 is 0. The number of amides is 1. The minimum Gasteiger partial charge on any atom is -0.325 e. The first-order chi connectivity index (χ1) is 8.40. The van der Waals surface area contributed by atoms with Crippen molar-refractivity contribution in [3.8, 4) is 0 Å². The average molecular weight is 252 g/mol. The fraction of sp³-hybridized carbons (Fsp3) is 0.933. The maximum Gasteiger partial charge on any atom is 0.241 e. The Morgan fingerprint density at radius 2 is 1.94 bits per heavy atom. The minimum atomic E-state index is 0.0476. The summed E-state index contributed by atoms with van der Waals surface area (Å²) in [6.45, 7) is 12.0. The molecule has 0 spiro atoms. The molecule has 2 rings (SSSR count). The van der Waals surface area contributed by atoms with E-state index in [1.54, 1.807) is 0 Å². The van der Waals surface area contributed by atoms with Crippen LogP contribution >= 0.6 is 0 Å². The van der Waals surface area contributed by atoms with Gasteiger partial charge in [-0.05, 0) is 36.5 Å². The Morgan fingerprint density at radius 3 is 2.39 bits per heavy atom. The topological polar surface area (TPSA) is 32.3 Å². The molecule has 0 aromatic heterocycles. The van der Waals surface area contributed by atoms with Crippen molar-refractivity contribution >= 4 is 5.91 Å². The van der Waals surface area contributed by atoms with Gasteiger partial charge >= 0.3 is 0 Å². The Morgan fingerprint density at radius 1 is 1.33 bits per heavy atom. The second-order valence-electron chi connectivity index (χ2n) is 7.00. The SMILES string of the molecule is CC(C)CC1NC(C(C)C)N(CC2CC2C)C1=O. The highest BCUT2D eigenvalue weighted by Crippen LogP contribution is 2.39. The molecule has 1 amide bonds. The lowest BCUT2D eigenvalue weighted by Crippen LogP contribution is -2.42. The van der Waals surface area contributed by atoms with Crippen LogP contribution < -0.4 is 5.32 Å². The van der Waals surface area contributed by atoms with Crippen LogP contribution in [0.15, 0.2) is 0 Å². The third-order valence-electron chi connectivity index (χ3n) is 4.33. The molecular weight excluding hydrogens is 224 g/mol. The third kappa shape index (κ3) is 2.87. The van der Waals surface area contributed by atoms with Crippen molar-refractivity contribution < 1.29 is 4.79 Å². The van der Waals surface area contributed by atoms with Crippen LogP contribution in [0.5, 0.6) is 0 Å². The number of nitrogens with one attached hydrogen (secondary N) is 1. The van der Waals surface area contributed by atoms with Gasteiger partial charge in [-0.15, -0.1) is 0 Å². The second-order valence-corrected chi connectivity index (χ2v) is 7.00. The van der Waals surface area contributed by atoms with E-state index in [2.05, 4.69) is 44.8 Å². The Kier molecular flexibility index (Phi) is 4.00. The first-order valence-corrected chi connectivity index (χ1v) is 7.46. The first kappa shape index (κ1) is 13.9. The Balaban J connectivity index is 2.01. The van der Waals surface area contributed by atoms with E-state index in [4.69, 9.17) is 0 Å². The van der Waals surface area contributed by atoms with Gasteiger partial charge in [-0.2, -0.15) is 0 Å². The van der Waals surface area contributed by atoms with E-state index in [-0.39, 0.29) is 12.2 Å². The van der Waals surface area contributed by atoms with Gasteiger partial charge in [0.15, 0.2) is 0 Å². The lowest BCUT2D eigenvalue weighted by atomic mass is 10.0. The van der Waals surface area contributed by atoms with Gasteiger partial charge in [0, 0.05) is 6.54 Å². The zero-order valence-electron chi connectivity index (χ0n) is 12.4. The molecular formula is C15H28N2O. The quantitative estimate of drug-likeness (QED) is 0.815. The van der Waals surface area contributed by atoms with Gasteiger partial charge in [0.2, 0.25) is 5.91 Å². The summed E-state index contributed by atoms with van der Waals surface area (Å²) in [6.07, 6.45) is 2.50. The molecule has 1 aliphatic heterocycles. The predicted octanol–water partition coefficient (Wildman–Crippen LogP) is 2.47. The molecule has 4 atom stereocenters. The number of hydrogen-bond acceptors (Lipinski definition) is 2. The molecule has 2 fully saturated rings. The number of carbonyl (C=O) groups is 1. The summed E-state index contributed by atoms with van der Waals surface area (Å²) in [5.74, 6) is 2.95. The van der Waals surface area contributed by atoms with Crippen molar-refractivity contribution in [3.05, 3.63) is 0 Å². The zero-order valence-corrected chi connectivity index (χ0v) is 12.4. The first-order valence-electron chi connectivity index (χ1n) is 7.46. The Hall–Kier alpha value is -0.570. The highest BCUT2D eigenvalue weighted by molar-refractivity contribution is 5.84. The van der Waals surface area contributed by atoms with Gasteiger partial charge in [0.1, 0.15) is 0 Å². The van der Waals surface area contributed by atoms with Gasteiger partial charge in [-0.3, -0.25) is 10.1 Å². The molecule has 1 saturated carbocycles. The van der Waals surface area contributed by atoms with Crippen LogP contribution in [0.25, 0.3) is 0 Å². The maximum absolute atomic E-state index is 12.5. The summed E-state index contributed by atoms with van der Waals surface area (Å²) in [6, 6.07) is 0.0476. The Bertz CT molecular complexity index is 314. The predicted molar refractivity (Wildman–Crippen MR) is 74.0 cm³/mol. The van der Waals surface area contributed by atoms with E-state index in [1.165, 1.54) is 6.42 Å². The summed E-state index contributed by atoms with van der Waals surface area (Å²) in [5.41, 5.74) is 0. The smallest absolute Gasteiger partial charge is 0.241 e. The van der Waals surface area contributed by atoms with Crippen molar-refractivity contribution in [1.29, 1.82) is 0 Å². The summed E-state index contributed by atoms with van der Waals surface area (Å²) in [7, 11) is 0. The second kappa shape index (κ2) is 5.20. The molecule has 0 aromatic carbocycles. The van der Waals surface area contributed by atoms with Gasteiger partial charge in [-0.25, -0.2) is 0 Å². The molecule has 3 heteroatoms. The highest BCUT2D eigenvalue weighted by Gasteiger charge is 2.44. The molecule has 0 bridgehead atoms. The molecule has 0 radical (unpaired) electrons. The highest BCUT2D eigenvalue weighted by atomic mass is 16.2. The summed E-state index contributed by atoms with van der Waals surface area (Å²) in [5, 5.41) is 3.55. The normalized spacial score (nSPS) is 35.9. The van der Waals surface area contributed by atoms with Gasteiger partial charge in [0.25, 0.3) is 0 Å². The lowest BCUT2D eigenvalue weighted by molar-refractivity contribution is -0.131. The zero-order chi connectivity index (χ0) is 13.4. The molecule has 1 heterocycles. The molecule has 4 unspecified atom stereocenters. The van der Waals surface area contributed by atoms with Crippen LogP contribution in [0.4, 0.5) is 0 Å². The number of carbonyl (C=O) groups excluding carboxylic acids is 1. The van der Waals surface area contributed by atoms with Crippen molar-refractivity contribution in [1.82, 2.24) is 10.2 Å². The third-order valence-corrected chi connectivity index (χ3v) is 4.33. The van der Waals surface area contributed by atoms with Crippen LogP contribution in [-0.4, -0.2) is 29.6 Å². The van der Waals surface area contributed by atoms with E-state index < -0.39 is 0 Å². The largest absolute Gasteiger partial charge is 0.325 e. The maximum atomic E-state index is 12.5. The van der Waals surface area contributed by atoms with E-state index in [0.717, 1.165) is 24.8 Å². The van der Waals surface area contributed by atoms with E-state index in [1.807, 2.05) is 0 Å². The monoisotopic (exact) mass is 252 g/mol. The summed E-state index contributed by atoms with van der Waals surface area (Å²) >= 11 is 0. The van der Waals surface area contributed by atoms with Gasteiger partial charge in [-0.1, -0.05) is 34.6 Å². The molecule has 1 N–H and O–H groups in total. The summed E-state index contributed by atoms with van der Waals surface area (Å²) in [4.78, 5) is 14.6. The van der Waals surface area contributed by atoms with Gasteiger partial charge < -0.3 is 4.90 Å². The van der Waals surface area contributed by atoms with Crippen molar-refractivity contribution in [2.75, 3.05) is 6.54 Å². The average Bonchev–Trinajstić information content (AvgIpc) is 2.86. The number of hydrogen-bond donors (Lipinski definition) is 1. The van der Waals surface area contributed by atoms with Crippen LogP contribution in [0, 0.1) is 23.7 Å². The molecule has 3 nitrogen and oxygen atoms in total. The fourth-order valence-electron chi connectivity index (χ4n) is 3.01. The number of nitrogens with zero attached hydrogens (tertiary/aromatic N) is 1. The van der Waals surface area contributed by atoms with Crippen molar-refractivity contribution in [2.45, 2.75) is 59.7 Å². The van der Waals surface area contributed by atoms with E-state index >= 15 is 0 Å². The standard InChI is InChI=1S/C15H28N2O/c1-9(2)6-13-15(18)17(8-12-7-11(12)5)14(16-13)10(3)4/h9-14,16H,6-8H2,1-5H3. The molecule has 1 saturated heterocycles. The Labute approximate surface area is 111 Å². The molecule has 104 valence electrons. The van der Waals surface area contributed by atoms with E-state index in [0.29, 0.717) is 17.7 Å². The number of rotatable bonds is 5. The van der Waals surface area contributed by atoms with Crippen LogP contribution in [0.1, 0.15) is 47.5 Å². The van der Waals surface area contributed by atoms with Crippen LogP contribution in [0.2, 0.25) is 0 Å². The van der Waals surface area contributed by atoms with Crippen LogP contribution in [-0.2, 0) is 4.79 Å². The van der Waals surface area contributed by atoms with Crippen LogP contribution in [0.3, 0.4) is 0 Å². The lowest BCUT2D eigenvalue weighted by Gasteiger charge is -2.27. The molecule has 0 aromatic rings.